The lowest BCUT2D eigenvalue weighted by atomic mass is 9.75. The van der Waals surface area contributed by atoms with Crippen molar-refractivity contribution in [3.05, 3.63) is 35.4 Å². The largest absolute Gasteiger partial charge is 0.381 e. The van der Waals surface area contributed by atoms with E-state index in [2.05, 4.69) is 36.5 Å². The first-order valence-electron chi connectivity index (χ1n) is 6.52. The fourth-order valence-electron chi connectivity index (χ4n) is 2.73. The predicted molar refractivity (Wildman–Crippen MR) is 71.3 cm³/mol. The third-order valence-corrected chi connectivity index (χ3v) is 3.80. The van der Waals surface area contributed by atoms with E-state index in [1.165, 1.54) is 24.0 Å². The van der Waals surface area contributed by atoms with E-state index in [1.807, 2.05) is 7.05 Å². The van der Waals surface area contributed by atoms with Crippen molar-refractivity contribution >= 4 is 0 Å². The Morgan fingerprint density at radius 3 is 2.41 bits per heavy atom. The van der Waals surface area contributed by atoms with E-state index in [-0.39, 0.29) is 0 Å². The number of nitrogens with one attached hydrogen (secondary N) is 1. The highest BCUT2D eigenvalue weighted by atomic mass is 16.5. The monoisotopic (exact) mass is 233 g/mol. The van der Waals surface area contributed by atoms with Crippen LogP contribution >= 0.6 is 0 Å². The van der Waals surface area contributed by atoms with E-state index in [9.17, 15) is 0 Å². The smallest absolute Gasteiger partial charge is 0.0471 e. The molecular weight excluding hydrogens is 210 g/mol. The number of aryl methyl sites for hydroxylation is 1. The summed E-state index contributed by atoms with van der Waals surface area (Å²) in [5, 5.41) is 3.35. The third kappa shape index (κ3) is 3.30. The molecule has 1 fully saturated rings. The minimum absolute atomic E-state index is 0.391. The summed E-state index contributed by atoms with van der Waals surface area (Å²) < 4.78 is 5.50. The second kappa shape index (κ2) is 5.65. The van der Waals surface area contributed by atoms with Crippen LogP contribution in [0.15, 0.2) is 24.3 Å². The van der Waals surface area contributed by atoms with E-state index in [4.69, 9.17) is 4.74 Å². The Labute approximate surface area is 104 Å². The molecule has 17 heavy (non-hydrogen) atoms. The van der Waals surface area contributed by atoms with Gasteiger partial charge in [0.1, 0.15) is 0 Å². The van der Waals surface area contributed by atoms with Crippen LogP contribution in [0.1, 0.15) is 24.0 Å². The van der Waals surface area contributed by atoms with Gasteiger partial charge in [-0.3, -0.25) is 0 Å². The fraction of sp³-hybridized carbons (Fsp3) is 0.600. The van der Waals surface area contributed by atoms with E-state index < -0.39 is 0 Å². The third-order valence-electron chi connectivity index (χ3n) is 3.80. The first kappa shape index (κ1) is 12.6. The molecule has 1 aliphatic heterocycles. The molecule has 1 heterocycles. The summed E-state index contributed by atoms with van der Waals surface area (Å²) >= 11 is 0. The van der Waals surface area contributed by atoms with Gasteiger partial charge in [-0.15, -0.1) is 0 Å². The Bertz CT molecular complexity index is 333. The van der Waals surface area contributed by atoms with Crippen molar-refractivity contribution in [3.63, 3.8) is 0 Å². The van der Waals surface area contributed by atoms with E-state index in [0.717, 1.165) is 26.2 Å². The number of hydrogen-bond acceptors (Lipinski definition) is 2. The fourth-order valence-corrected chi connectivity index (χ4v) is 2.73. The van der Waals surface area contributed by atoms with Crippen molar-refractivity contribution in [1.29, 1.82) is 0 Å². The Morgan fingerprint density at radius 2 is 1.82 bits per heavy atom. The maximum absolute atomic E-state index is 5.50. The Hall–Kier alpha value is -0.860. The van der Waals surface area contributed by atoms with Gasteiger partial charge in [0.2, 0.25) is 0 Å². The standard InChI is InChI=1S/C15H23NO/c1-13-3-5-14(6-4-13)11-15(12-16-2)7-9-17-10-8-15/h3-6,16H,7-12H2,1-2H3. The number of rotatable bonds is 4. The van der Waals surface area contributed by atoms with Gasteiger partial charge < -0.3 is 10.1 Å². The molecular formula is C15H23NO. The van der Waals surface area contributed by atoms with Crippen LogP contribution in [0.2, 0.25) is 0 Å². The Morgan fingerprint density at radius 1 is 1.18 bits per heavy atom. The van der Waals surface area contributed by atoms with Crippen LogP contribution < -0.4 is 5.32 Å². The van der Waals surface area contributed by atoms with Gasteiger partial charge >= 0.3 is 0 Å². The quantitative estimate of drug-likeness (QED) is 0.863. The molecule has 0 atom stereocenters. The molecule has 1 aromatic rings. The van der Waals surface area contributed by atoms with Crippen molar-refractivity contribution in [3.8, 4) is 0 Å². The lowest BCUT2D eigenvalue weighted by molar-refractivity contribution is 0.0158. The highest BCUT2D eigenvalue weighted by Crippen LogP contribution is 2.33. The maximum Gasteiger partial charge on any atom is 0.0471 e. The Kier molecular flexibility index (Phi) is 4.19. The molecule has 0 saturated carbocycles. The van der Waals surface area contributed by atoms with Crippen molar-refractivity contribution < 1.29 is 4.74 Å². The highest BCUT2D eigenvalue weighted by Gasteiger charge is 2.31. The topological polar surface area (TPSA) is 21.3 Å². The van der Waals surface area contributed by atoms with Crippen molar-refractivity contribution in [2.75, 3.05) is 26.8 Å². The van der Waals surface area contributed by atoms with E-state index >= 15 is 0 Å². The molecule has 0 amide bonds. The summed E-state index contributed by atoms with van der Waals surface area (Å²) in [4.78, 5) is 0. The average molecular weight is 233 g/mol. The van der Waals surface area contributed by atoms with Crippen LogP contribution in [0.4, 0.5) is 0 Å². The molecule has 0 unspecified atom stereocenters. The average Bonchev–Trinajstić information content (AvgIpc) is 2.34. The first-order chi connectivity index (χ1) is 8.24. The highest BCUT2D eigenvalue weighted by molar-refractivity contribution is 5.22. The molecule has 2 nitrogen and oxygen atoms in total. The molecule has 0 aliphatic carbocycles. The summed E-state index contributed by atoms with van der Waals surface area (Å²) in [7, 11) is 2.05. The number of hydrogen-bond donors (Lipinski definition) is 1. The number of benzene rings is 1. The SMILES string of the molecule is CNCC1(Cc2ccc(C)cc2)CCOCC1. The van der Waals surface area contributed by atoms with Gasteiger partial charge in [0.05, 0.1) is 0 Å². The molecule has 2 rings (SSSR count). The van der Waals surface area contributed by atoms with Gasteiger partial charge in [0.15, 0.2) is 0 Å². The van der Waals surface area contributed by atoms with Crippen LogP contribution in [-0.4, -0.2) is 26.8 Å². The minimum atomic E-state index is 0.391. The van der Waals surface area contributed by atoms with E-state index in [0.29, 0.717) is 5.41 Å². The molecule has 0 radical (unpaired) electrons. The van der Waals surface area contributed by atoms with E-state index in [1.54, 1.807) is 0 Å². The van der Waals surface area contributed by atoms with Crippen LogP contribution in [0, 0.1) is 12.3 Å². The van der Waals surface area contributed by atoms with Crippen LogP contribution in [-0.2, 0) is 11.2 Å². The van der Waals surface area contributed by atoms with Crippen LogP contribution in [0.3, 0.4) is 0 Å². The van der Waals surface area contributed by atoms with Crippen LogP contribution in [0.25, 0.3) is 0 Å². The van der Waals surface area contributed by atoms with Gasteiger partial charge in [0, 0.05) is 19.8 Å². The Balaban J connectivity index is 2.08. The maximum atomic E-state index is 5.50. The molecule has 1 saturated heterocycles. The normalized spacial score (nSPS) is 19.2. The lowest BCUT2D eigenvalue weighted by Gasteiger charge is -2.37. The van der Waals surface area contributed by atoms with Crippen molar-refractivity contribution in [2.45, 2.75) is 26.2 Å². The molecule has 94 valence electrons. The van der Waals surface area contributed by atoms with Gasteiger partial charge in [-0.1, -0.05) is 29.8 Å². The summed E-state index contributed by atoms with van der Waals surface area (Å²) in [6.45, 7) is 5.05. The second-order valence-corrected chi connectivity index (χ2v) is 5.31. The van der Waals surface area contributed by atoms with Gasteiger partial charge in [0.25, 0.3) is 0 Å². The van der Waals surface area contributed by atoms with Crippen molar-refractivity contribution in [2.24, 2.45) is 5.41 Å². The first-order valence-corrected chi connectivity index (χ1v) is 6.52. The summed E-state index contributed by atoms with van der Waals surface area (Å²) in [6.07, 6.45) is 3.50. The van der Waals surface area contributed by atoms with Gasteiger partial charge in [-0.05, 0) is 44.2 Å². The summed E-state index contributed by atoms with van der Waals surface area (Å²) in [6, 6.07) is 8.95. The zero-order valence-corrected chi connectivity index (χ0v) is 11.0. The summed E-state index contributed by atoms with van der Waals surface area (Å²) in [5.74, 6) is 0. The zero-order valence-electron chi connectivity index (χ0n) is 11.0. The molecule has 0 spiro atoms. The lowest BCUT2D eigenvalue weighted by Crippen LogP contribution is -2.39. The zero-order chi connectivity index (χ0) is 12.1. The number of ether oxygens (including phenoxy) is 1. The van der Waals surface area contributed by atoms with Gasteiger partial charge in [-0.2, -0.15) is 0 Å². The molecule has 0 bridgehead atoms. The minimum Gasteiger partial charge on any atom is -0.381 e. The van der Waals surface area contributed by atoms with Gasteiger partial charge in [-0.25, -0.2) is 0 Å². The molecule has 0 aromatic heterocycles. The van der Waals surface area contributed by atoms with Crippen LogP contribution in [0.5, 0.6) is 0 Å². The summed E-state index contributed by atoms with van der Waals surface area (Å²) in [5.41, 5.74) is 3.18. The molecule has 1 N–H and O–H groups in total. The van der Waals surface area contributed by atoms with Crippen molar-refractivity contribution in [1.82, 2.24) is 5.32 Å². The second-order valence-electron chi connectivity index (χ2n) is 5.31. The predicted octanol–water partition coefficient (Wildman–Crippen LogP) is 2.55. The molecule has 2 heteroatoms. The molecule has 1 aliphatic rings. The molecule has 1 aromatic carbocycles.